The van der Waals surface area contributed by atoms with E-state index in [9.17, 15) is 22.8 Å². The maximum absolute atomic E-state index is 13.2. The number of carbonyl (C=O) groups excluding carboxylic acids is 2. The van der Waals surface area contributed by atoms with Crippen molar-refractivity contribution in [2.24, 2.45) is 5.41 Å². The summed E-state index contributed by atoms with van der Waals surface area (Å²) >= 11 is 0. The smallest absolute Gasteiger partial charge is 0.355 e. The minimum absolute atomic E-state index is 0. The van der Waals surface area contributed by atoms with Gasteiger partial charge in [-0.2, -0.15) is 13.2 Å². The lowest BCUT2D eigenvalue weighted by Gasteiger charge is -2.35. The van der Waals surface area contributed by atoms with Crippen LogP contribution in [-0.4, -0.2) is 68.2 Å². The van der Waals surface area contributed by atoms with Gasteiger partial charge in [-0.1, -0.05) is 20.8 Å². The highest BCUT2D eigenvalue weighted by molar-refractivity contribution is 5.85. The van der Waals surface area contributed by atoms with Gasteiger partial charge in [0.05, 0.1) is 0 Å². The maximum Gasteiger partial charge on any atom is 0.405 e. The van der Waals surface area contributed by atoms with Crippen LogP contribution in [0.2, 0.25) is 0 Å². The van der Waals surface area contributed by atoms with E-state index in [0.717, 1.165) is 0 Å². The first-order chi connectivity index (χ1) is 11.0. The van der Waals surface area contributed by atoms with Crippen molar-refractivity contribution < 1.29 is 22.8 Å². The number of nitrogens with zero attached hydrogens (tertiary/aromatic N) is 1. The van der Waals surface area contributed by atoms with Crippen LogP contribution in [0.15, 0.2) is 0 Å². The molecule has 10 heteroatoms. The fourth-order valence-electron chi connectivity index (χ4n) is 2.30. The number of halogens is 4. The van der Waals surface area contributed by atoms with E-state index in [4.69, 9.17) is 0 Å². The Kier molecular flexibility index (Phi) is 9.75. The molecule has 6 nitrogen and oxygen atoms in total. The Morgan fingerprint density at radius 1 is 1.12 bits per heavy atom. The van der Waals surface area contributed by atoms with E-state index >= 15 is 0 Å². The summed E-state index contributed by atoms with van der Waals surface area (Å²) in [4.78, 5) is 24.7. The van der Waals surface area contributed by atoms with E-state index in [1.54, 1.807) is 20.8 Å². The van der Waals surface area contributed by atoms with Crippen molar-refractivity contribution in [2.45, 2.75) is 39.4 Å². The Morgan fingerprint density at radius 3 is 2.16 bits per heavy atom. The average Bonchev–Trinajstić information content (AvgIpc) is 2.46. The highest BCUT2D eigenvalue weighted by Crippen LogP contribution is 2.24. The lowest BCUT2D eigenvalue weighted by Crippen LogP contribution is -2.57. The number of alkyl halides is 3. The van der Waals surface area contributed by atoms with Crippen molar-refractivity contribution in [3.05, 3.63) is 0 Å². The number of carbonyl (C=O) groups is 2. The van der Waals surface area contributed by atoms with Crippen LogP contribution >= 0.6 is 12.4 Å². The first-order valence-electron chi connectivity index (χ1n) is 8.08. The van der Waals surface area contributed by atoms with Crippen molar-refractivity contribution in [3.8, 4) is 0 Å². The molecule has 0 radical (unpaired) electrons. The number of rotatable bonds is 6. The van der Waals surface area contributed by atoms with Crippen LogP contribution < -0.4 is 16.0 Å². The summed E-state index contributed by atoms with van der Waals surface area (Å²) in [6, 6.07) is -1.69. The molecule has 1 fully saturated rings. The summed E-state index contributed by atoms with van der Waals surface area (Å²) in [5, 5.41) is 7.92. The van der Waals surface area contributed by atoms with Gasteiger partial charge in [0.2, 0.25) is 11.8 Å². The molecule has 0 bridgehead atoms. The monoisotopic (exact) mass is 388 g/mol. The number of hydrogen-bond donors (Lipinski definition) is 3. The molecular formula is C15H28ClF3N4O2. The topological polar surface area (TPSA) is 73.5 Å². The molecule has 1 heterocycles. The molecule has 0 aromatic heterocycles. The van der Waals surface area contributed by atoms with E-state index in [1.165, 1.54) is 4.90 Å². The molecule has 1 unspecified atom stereocenters. The predicted molar refractivity (Wildman–Crippen MR) is 91.6 cm³/mol. The van der Waals surface area contributed by atoms with Crippen molar-refractivity contribution in [2.75, 3.05) is 39.3 Å². The lowest BCUT2D eigenvalue weighted by atomic mass is 9.96. The van der Waals surface area contributed by atoms with Crippen LogP contribution in [0.4, 0.5) is 13.2 Å². The molecule has 0 aliphatic carbocycles. The number of hydrogen-bond acceptors (Lipinski definition) is 4. The summed E-state index contributed by atoms with van der Waals surface area (Å²) in [7, 11) is 0. The molecule has 25 heavy (non-hydrogen) atoms. The Bertz CT molecular complexity index is 435. The van der Waals surface area contributed by atoms with Crippen LogP contribution in [0.3, 0.4) is 0 Å². The van der Waals surface area contributed by atoms with Crippen LogP contribution in [0.25, 0.3) is 0 Å². The minimum Gasteiger partial charge on any atom is -0.355 e. The summed E-state index contributed by atoms with van der Waals surface area (Å²) in [5.41, 5.74) is -0.569. The first kappa shape index (κ1) is 23.9. The molecule has 0 aromatic carbocycles. The molecule has 0 aromatic rings. The SMILES string of the molecule is CC(C)(C)C(=O)NCCC(=O)NCC(N1CCNCC1)C(F)(F)F.Cl. The molecule has 1 saturated heterocycles. The Labute approximate surface area is 152 Å². The molecule has 1 aliphatic heterocycles. The van der Waals surface area contributed by atoms with Gasteiger partial charge in [-0.25, -0.2) is 0 Å². The molecule has 1 aliphatic rings. The molecule has 0 saturated carbocycles. The molecule has 148 valence electrons. The van der Waals surface area contributed by atoms with Crippen molar-refractivity contribution in [1.82, 2.24) is 20.9 Å². The maximum atomic E-state index is 13.2. The standard InChI is InChI=1S/C15H27F3N4O2.ClH/c1-14(2,3)13(24)20-5-4-12(23)21-10-11(15(16,17)18)22-8-6-19-7-9-22;/h11,19H,4-10H2,1-3H3,(H,20,24)(H,21,23);1H. The van der Waals surface area contributed by atoms with E-state index < -0.39 is 30.1 Å². The van der Waals surface area contributed by atoms with E-state index in [1.807, 2.05) is 0 Å². The molecule has 1 rings (SSSR count). The molecule has 0 spiro atoms. The molecule has 3 N–H and O–H groups in total. The van der Waals surface area contributed by atoms with Gasteiger partial charge in [0.15, 0.2) is 0 Å². The fourth-order valence-corrected chi connectivity index (χ4v) is 2.30. The zero-order valence-corrected chi connectivity index (χ0v) is 15.6. The van der Waals surface area contributed by atoms with E-state index in [2.05, 4.69) is 16.0 Å². The molecule has 2 amide bonds. The predicted octanol–water partition coefficient (Wildman–Crippen LogP) is 0.913. The lowest BCUT2D eigenvalue weighted by molar-refractivity contribution is -0.184. The van der Waals surface area contributed by atoms with Gasteiger partial charge >= 0.3 is 6.18 Å². The number of piperazine rings is 1. The van der Waals surface area contributed by atoms with Crippen LogP contribution in [0.5, 0.6) is 0 Å². The molecular weight excluding hydrogens is 361 g/mol. The third-order valence-electron chi connectivity index (χ3n) is 3.78. The van der Waals surface area contributed by atoms with E-state index in [-0.39, 0.29) is 31.3 Å². The second-order valence-corrected chi connectivity index (χ2v) is 6.90. The summed E-state index contributed by atoms with van der Waals surface area (Å²) in [6.45, 7) is 6.43. The van der Waals surface area contributed by atoms with Gasteiger partial charge in [0, 0.05) is 51.1 Å². The van der Waals surface area contributed by atoms with Crippen molar-refractivity contribution in [3.63, 3.8) is 0 Å². The largest absolute Gasteiger partial charge is 0.405 e. The highest BCUT2D eigenvalue weighted by atomic mass is 35.5. The van der Waals surface area contributed by atoms with Crippen molar-refractivity contribution >= 4 is 24.2 Å². The van der Waals surface area contributed by atoms with Gasteiger partial charge in [0.25, 0.3) is 0 Å². The minimum atomic E-state index is -4.40. The van der Waals surface area contributed by atoms with Crippen LogP contribution in [0, 0.1) is 5.41 Å². The van der Waals surface area contributed by atoms with Gasteiger partial charge in [-0.15, -0.1) is 12.4 Å². The quantitative estimate of drug-likeness (QED) is 0.632. The third kappa shape index (κ3) is 8.73. The second-order valence-electron chi connectivity index (χ2n) is 6.90. The molecule has 1 atom stereocenters. The summed E-state index contributed by atoms with van der Waals surface area (Å²) in [6.07, 6.45) is -4.45. The third-order valence-corrected chi connectivity index (χ3v) is 3.78. The fraction of sp³-hybridized carbons (Fsp3) is 0.867. The van der Waals surface area contributed by atoms with Crippen molar-refractivity contribution in [1.29, 1.82) is 0 Å². The normalized spacial score (nSPS) is 17.4. The van der Waals surface area contributed by atoms with Crippen LogP contribution in [0.1, 0.15) is 27.2 Å². The zero-order valence-electron chi connectivity index (χ0n) is 14.8. The second kappa shape index (κ2) is 10.2. The summed E-state index contributed by atoms with van der Waals surface area (Å²) < 4.78 is 39.5. The summed E-state index contributed by atoms with van der Waals surface area (Å²) in [5.74, 6) is -0.710. The van der Waals surface area contributed by atoms with Crippen LogP contribution in [-0.2, 0) is 9.59 Å². The number of amides is 2. The average molecular weight is 389 g/mol. The Hall–Kier alpha value is -1.06. The van der Waals surface area contributed by atoms with E-state index in [0.29, 0.717) is 26.2 Å². The van der Waals surface area contributed by atoms with Gasteiger partial charge in [-0.05, 0) is 0 Å². The zero-order chi connectivity index (χ0) is 18.4. The van der Waals surface area contributed by atoms with Gasteiger partial charge in [-0.3, -0.25) is 14.5 Å². The van der Waals surface area contributed by atoms with Gasteiger partial charge in [0.1, 0.15) is 6.04 Å². The highest BCUT2D eigenvalue weighted by Gasteiger charge is 2.43. The Morgan fingerprint density at radius 2 is 1.68 bits per heavy atom. The van der Waals surface area contributed by atoms with Gasteiger partial charge < -0.3 is 16.0 Å². The first-order valence-corrected chi connectivity index (χ1v) is 8.08. The Balaban J connectivity index is 0.00000576. The number of nitrogens with one attached hydrogen (secondary N) is 3.